The number of benzene rings is 1. The van der Waals surface area contributed by atoms with Crippen LogP contribution in [0.1, 0.15) is 28.4 Å². The van der Waals surface area contributed by atoms with Crippen LogP contribution in [-0.4, -0.2) is 15.8 Å². The average molecular weight is 287 g/mol. The van der Waals surface area contributed by atoms with Crippen molar-refractivity contribution in [3.05, 3.63) is 71.1 Å². The van der Waals surface area contributed by atoms with E-state index >= 15 is 0 Å². The zero-order valence-corrected chi connectivity index (χ0v) is 12.0. The van der Waals surface area contributed by atoms with Gasteiger partial charge in [0.25, 0.3) is 0 Å². The number of hydrogen-bond donors (Lipinski definition) is 1. The van der Waals surface area contributed by atoms with Crippen LogP contribution in [0.2, 0.25) is 0 Å². The summed E-state index contributed by atoms with van der Waals surface area (Å²) < 4.78 is 0. The predicted molar refractivity (Wildman–Crippen MR) is 85.2 cm³/mol. The maximum absolute atomic E-state index is 12.7. The Labute approximate surface area is 127 Å². The lowest BCUT2D eigenvalue weighted by atomic mass is 10.0. The van der Waals surface area contributed by atoms with E-state index in [-0.39, 0.29) is 5.78 Å². The topological polar surface area (TPSA) is 69.5 Å². The molecule has 4 nitrogen and oxygen atoms in total. The van der Waals surface area contributed by atoms with Crippen LogP contribution in [0.15, 0.2) is 54.4 Å². The first kappa shape index (κ1) is 13.8. The summed E-state index contributed by atoms with van der Waals surface area (Å²) in [6.07, 6.45) is 5.12. The molecule has 3 rings (SSSR count). The summed E-state index contributed by atoms with van der Waals surface area (Å²) in [5.74, 6) is -0.0656. The number of allylic oxidation sites excluding steroid dienone is 1. The molecule has 3 aromatic rings. The minimum Gasteiger partial charge on any atom is -0.345 e. The van der Waals surface area contributed by atoms with Crippen molar-refractivity contribution >= 4 is 22.9 Å². The molecular weight excluding hydrogens is 274 g/mol. The minimum atomic E-state index is -0.0656. The Hall–Kier alpha value is -3.19. The van der Waals surface area contributed by atoms with Crippen LogP contribution in [0.4, 0.5) is 0 Å². The summed E-state index contributed by atoms with van der Waals surface area (Å²) in [7, 11) is 0. The average Bonchev–Trinajstić information content (AvgIpc) is 2.98. The van der Waals surface area contributed by atoms with Crippen molar-refractivity contribution in [2.75, 3.05) is 0 Å². The van der Waals surface area contributed by atoms with Gasteiger partial charge in [-0.15, -0.1) is 0 Å². The number of nitrogens with one attached hydrogen (secondary N) is 1. The molecule has 1 aromatic carbocycles. The summed E-state index contributed by atoms with van der Waals surface area (Å²) >= 11 is 0. The predicted octanol–water partition coefficient (Wildman–Crippen LogP) is 3.72. The van der Waals surface area contributed by atoms with Gasteiger partial charge in [0.15, 0.2) is 5.78 Å². The molecule has 0 aliphatic carbocycles. The lowest BCUT2D eigenvalue weighted by Crippen LogP contribution is -2.00. The van der Waals surface area contributed by atoms with Gasteiger partial charge in [-0.1, -0.05) is 18.2 Å². The highest BCUT2D eigenvalue weighted by Crippen LogP contribution is 2.20. The third kappa shape index (κ3) is 2.52. The molecule has 0 amide bonds. The summed E-state index contributed by atoms with van der Waals surface area (Å²) in [5, 5.41) is 9.65. The van der Waals surface area contributed by atoms with Crippen LogP contribution in [0.5, 0.6) is 0 Å². The van der Waals surface area contributed by atoms with E-state index in [1.807, 2.05) is 24.3 Å². The number of pyridine rings is 1. The lowest BCUT2D eigenvalue weighted by molar-refractivity contribution is 0.104. The third-order valence-corrected chi connectivity index (χ3v) is 3.40. The largest absolute Gasteiger partial charge is 0.345 e. The van der Waals surface area contributed by atoms with E-state index < -0.39 is 0 Å². The van der Waals surface area contributed by atoms with E-state index in [4.69, 9.17) is 5.26 Å². The second-order valence-corrected chi connectivity index (χ2v) is 5.00. The summed E-state index contributed by atoms with van der Waals surface area (Å²) in [4.78, 5) is 19.9. The molecule has 0 atom stereocenters. The normalized spacial score (nSPS) is 11.4. The highest BCUT2D eigenvalue weighted by Gasteiger charge is 2.14. The molecule has 0 saturated heterocycles. The van der Waals surface area contributed by atoms with Gasteiger partial charge in [-0.05, 0) is 36.8 Å². The van der Waals surface area contributed by atoms with Crippen molar-refractivity contribution in [1.82, 2.24) is 9.97 Å². The number of carbonyl (C=O) groups is 1. The first-order valence-corrected chi connectivity index (χ1v) is 6.84. The van der Waals surface area contributed by atoms with Gasteiger partial charge in [0.1, 0.15) is 5.65 Å². The van der Waals surface area contributed by atoms with Gasteiger partial charge in [-0.25, -0.2) is 4.98 Å². The number of aromatic nitrogens is 2. The van der Waals surface area contributed by atoms with E-state index in [9.17, 15) is 4.79 Å². The molecule has 2 aromatic heterocycles. The fourth-order valence-corrected chi connectivity index (χ4v) is 2.35. The zero-order valence-electron chi connectivity index (χ0n) is 12.0. The van der Waals surface area contributed by atoms with Gasteiger partial charge in [0.2, 0.25) is 0 Å². The van der Waals surface area contributed by atoms with Crippen LogP contribution in [0.3, 0.4) is 0 Å². The van der Waals surface area contributed by atoms with E-state index in [1.165, 1.54) is 0 Å². The highest BCUT2D eigenvalue weighted by molar-refractivity contribution is 6.16. The maximum Gasteiger partial charge on any atom is 0.195 e. The van der Waals surface area contributed by atoms with E-state index in [1.54, 1.807) is 37.5 Å². The molecular formula is C18H13N3O. The van der Waals surface area contributed by atoms with Crippen molar-refractivity contribution in [2.45, 2.75) is 6.92 Å². The standard InChI is InChI=1S/C18H13N3O/c1-12(10-19)8-13-4-2-5-14(9-13)17(22)16-11-21-18-15(16)6-3-7-20-18/h2-9,11H,1H3,(H,20,21). The number of nitrogens with zero attached hydrogens (tertiary/aromatic N) is 2. The summed E-state index contributed by atoms with van der Waals surface area (Å²) in [6, 6.07) is 13.0. The fourth-order valence-electron chi connectivity index (χ4n) is 2.35. The van der Waals surface area contributed by atoms with Crippen LogP contribution < -0.4 is 0 Å². The van der Waals surface area contributed by atoms with Crippen LogP contribution in [0.25, 0.3) is 17.1 Å². The van der Waals surface area contributed by atoms with Crippen molar-refractivity contribution in [2.24, 2.45) is 0 Å². The molecule has 0 radical (unpaired) electrons. The van der Waals surface area contributed by atoms with Gasteiger partial charge in [-0.3, -0.25) is 4.79 Å². The van der Waals surface area contributed by atoms with E-state index in [0.29, 0.717) is 22.3 Å². The Balaban J connectivity index is 2.03. The first-order chi connectivity index (χ1) is 10.7. The van der Waals surface area contributed by atoms with Gasteiger partial charge < -0.3 is 4.98 Å². The quantitative estimate of drug-likeness (QED) is 0.589. The molecule has 22 heavy (non-hydrogen) atoms. The zero-order chi connectivity index (χ0) is 15.5. The maximum atomic E-state index is 12.7. The molecule has 0 unspecified atom stereocenters. The lowest BCUT2D eigenvalue weighted by Gasteiger charge is -2.02. The molecule has 4 heteroatoms. The Morgan fingerprint density at radius 1 is 1.32 bits per heavy atom. The Morgan fingerprint density at radius 3 is 3.00 bits per heavy atom. The van der Waals surface area contributed by atoms with Crippen LogP contribution in [-0.2, 0) is 0 Å². The third-order valence-electron chi connectivity index (χ3n) is 3.40. The highest BCUT2D eigenvalue weighted by atomic mass is 16.1. The Bertz CT molecular complexity index is 929. The van der Waals surface area contributed by atoms with Gasteiger partial charge in [0, 0.05) is 34.5 Å². The molecule has 0 saturated carbocycles. The molecule has 0 spiro atoms. The number of carbonyl (C=O) groups excluding carboxylic acids is 1. The Kier molecular flexibility index (Phi) is 3.55. The molecule has 0 aliphatic heterocycles. The molecule has 0 fully saturated rings. The van der Waals surface area contributed by atoms with Crippen LogP contribution in [0, 0.1) is 11.3 Å². The molecule has 0 bridgehead atoms. The second kappa shape index (κ2) is 5.66. The number of aromatic amines is 1. The summed E-state index contributed by atoms with van der Waals surface area (Å²) in [5.41, 5.74) is 3.32. The molecule has 106 valence electrons. The van der Waals surface area contributed by atoms with Gasteiger partial charge in [-0.2, -0.15) is 5.26 Å². The minimum absolute atomic E-state index is 0.0656. The van der Waals surface area contributed by atoms with E-state index in [2.05, 4.69) is 16.0 Å². The van der Waals surface area contributed by atoms with Crippen LogP contribution >= 0.6 is 0 Å². The Morgan fingerprint density at radius 2 is 2.18 bits per heavy atom. The number of H-pyrrole nitrogens is 1. The van der Waals surface area contributed by atoms with Crippen molar-refractivity contribution in [1.29, 1.82) is 5.26 Å². The SMILES string of the molecule is CC(C#N)=Cc1cccc(C(=O)c2c[nH]c3ncccc23)c1. The van der Waals surface area contributed by atoms with Crippen molar-refractivity contribution < 1.29 is 4.79 Å². The monoisotopic (exact) mass is 287 g/mol. The van der Waals surface area contributed by atoms with Gasteiger partial charge in [0.05, 0.1) is 6.07 Å². The fraction of sp³-hybridized carbons (Fsp3) is 0.0556. The van der Waals surface area contributed by atoms with Gasteiger partial charge >= 0.3 is 0 Å². The smallest absolute Gasteiger partial charge is 0.195 e. The number of fused-ring (bicyclic) bond motifs is 1. The van der Waals surface area contributed by atoms with E-state index in [0.717, 1.165) is 10.9 Å². The van der Waals surface area contributed by atoms with Crippen molar-refractivity contribution in [3.63, 3.8) is 0 Å². The molecule has 1 N–H and O–H groups in total. The summed E-state index contributed by atoms with van der Waals surface area (Å²) in [6.45, 7) is 1.74. The number of rotatable bonds is 3. The number of ketones is 1. The molecule has 2 heterocycles. The second-order valence-electron chi connectivity index (χ2n) is 5.00. The number of nitriles is 1. The first-order valence-electron chi connectivity index (χ1n) is 6.84. The number of hydrogen-bond acceptors (Lipinski definition) is 3. The molecule has 0 aliphatic rings. The van der Waals surface area contributed by atoms with Crippen molar-refractivity contribution in [3.8, 4) is 6.07 Å².